The Hall–Kier alpha value is -1.26. The summed E-state index contributed by atoms with van der Waals surface area (Å²) >= 11 is 5.89. The van der Waals surface area contributed by atoms with Gasteiger partial charge >= 0.3 is 5.69 Å². The van der Waals surface area contributed by atoms with Crippen LogP contribution in [0.3, 0.4) is 0 Å². The van der Waals surface area contributed by atoms with Gasteiger partial charge in [0, 0.05) is 5.02 Å². The molecule has 0 radical (unpaired) electrons. The number of imidazole rings is 1. The Morgan fingerprint density at radius 2 is 2.31 bits per heavy atom. The van der Waals surface area contributed by atoms with Gasteiger partial charge in [0.1, 0.15) is 0 Å². The van der Waals surface area contributed by atoms with Crippen molar-refractivity contribution in [2.45, 2.75) is 19.0 Å². The molecule has 1 aromatic carbocycles. The van der Waals surface area contributed by atoms with Crippen LogP contribution in [-0.4, -0.2) is 16.1 Å². The van der Waals surface area contributed by atoms with E-state index in [4.69, 9.17) is 11.6 Å². The van der Waals surface area contributed by atoms with Crippen molar-refractivity contribution in [3.05, 3.63) is 33.7 Å². The van der Waals surface area contributed by atoms with E-state index in [1.165, 1.54) is 0 Å². The van der Waals surface area contributed by atoms with Gasteiger partial charge in [-0.3, -0.25) is 9.88 Å². The molecule has 0 bridgehead atoms. The lowest BCUT2D eigenvalue weighted by molar-refractivity contribution is 0.469. The molecule has 4 nitrogen and oxygen atoms in total. The summed E-state index contributed by atoms with van der Waals surface area (Å²) in [6, 6.07) is 5.47. The summed E-state index contributed by atoms with van der Waals surface area (Å²) in [7, 11) is 0. The predicted molar refractivity (Wildman–Crippen MR) is 63.8 cm³/mol. The summed E-state index contributed by atoms with van der Waals surface area (Å²) in [4.78, 5) is 14.7. The molecule has 1 aliphatic rings. The van der Waals surface area contributed by atoms with Crippen LogP contribution in [0.4, 0.5) is 0 Å². The van der Waals surface area contributed by atoms with Gasteiger partial charge in [-0.05, 0) is 37.6 Å². The molecule has 1 atom stereocenters. The van der Waals surface area contributed by atoms with E-state index in [-0.39, 0.29) is 11.9 Å². The summed E-state index contributed by atoms with van der Waals surface area (Å²) in [6.45, 7) is 0.970. The van der Waals surface area contributed by atoms with Gasteiger partial charge < -0.3 is 4.98 Å². The van der Waals surface area contributed by atoms with E-state index >= 15 is 0 Å². The van der Waals surface area contributed by atoms with Gasteiger partial charge in [-0.2, -0.15) is 0 Å². The largest absolute Gasteiger partial charge is 0.327 e. The molecule has 84 valence electrons. The molecule has 0 aliphatic carbocycles. The zero-order chi connectivity index (χ0) is 11.1. The molecular formula is C11H12ClN3O. The SMILES string of the molecule is O=c1[nH]c2cc(Cl)ccc2n1C1CCCN1. The van der Waals surface area contributed by atoms with Crippen molar-refractivity contribution < 1.29 is 0 Å². The minimum Gasteiger partial charge on any atom is -0.305 e. The zero-order valence-electron chi connectivity index (χ0n) is 8.66. The van der Waals surface area contributed by atoms with E-state index in [2.05, 4.69) is 10.3 Å². The molecular weight excluding hydrogens is 226 g/mol. The topological polar surface area (TPSA) is 49.8 Å². The van der Waals surface area contributed by atoms with Crippen LogP contribution in [0, 0.1) is 0 Å². The highest BCUT2D eigenvalue weighted by Gasteiger charge is 2.20. The fourth-order valence-corrected chi connectivity index (χ4v) is 2.47. The quantitative estimate of drug-likeness (QED) is 0.796. The third-order valence-corrected chi connectivity index (χ3v) is 3.26. The number of fused-ring (bicyclic) bond motifs is 1. The fourth-order valence-electron chi connectivity index (χ4n) is 2.30. The number of rotatable bonds is 1. The van der Waals surface area contributed by atoms with Crippen LogP contribution in [0.15, 0.2) is 23.0 Å². The van der Waals surface area contributed by atoms with Crippen LogP contribution in [0.25, 0.3) is 11.0 Å². The van der Waals surface area contributed by atoms with Gasteiger partial charge in [0.05, 0.1) is 17.2 Å². The molecule has 16 heavy (non-hydrogen) atoms. The van der Waals surface area contributed by atoms with Crippen molar-refractivity contribution in [1.82, 2.24) is 14.9 Å². The van der Waals surface area contributed by atoms with Crippen LogP contribution in [-0.2, 0) is 0 Å². The van der Waals surface area contributed by atoms with E-state index in [1.807, 2.05) is 12.1 Å². The number of benzene rings is 1. The highest BCUT2D eigenvalue weighted by molar-refractivity contribution is 6.31. The van der Waals surface area contributed by atoms with Crippen molar-refractivity contribution in [3.8, 4) is 0 Å². The maximum absolute atomic E-state index is 11.9. The molecule has 1 saturated heterocycles. The van der Waals surface area contributed by atoms with Crippen molar-refractivity contribution >= 4 is 22.6 Å². The smallest absolute Gasteiger partial charge is 0.305 e. The summed E-state index contributed by atoms with van der Waals surface area (Å²) in [5.41, 5.74) is 1.64. The van der Waals surface area contributed by atoms with Gasteiger partial charge in [-0.25, -0.2) is 4.79 Å². The number of hydrogen-bond acceptors (Lipinski definition) is 2. The minimum atomic E-state index is -0.0725. The fraction of sp³-hybridized carbons (Fsp3) is 0.364. The maximum atomic E-state index is 11.9. The number of aromatic nitrogens is 2. The van der Waals surface area contributed by atoms with Crippen molar-refractivity contribution in [2.75, 3.05) is 6.54 Å². The number of H-pyrrole nitrogens is 1. The summed E-state index contributed by atoms with van der Waals surface area (Å²) in [6.07, 6.45) is 2.22. The van der Waals surface area contributed by atoms with Crippen LogP contribution in [0.5, 0.6) is 0 Å². The third kappa shape index (κ3) is 1.45. The van der Waals surface area contributed by atoms with Crippen LogP contribution >= 0.6 is 11.6 Å². The monoisotopic (exact) mass is 237 g/mol. The van der Waals surface area contributed by atoms with Gasteiger partial charge in [-0.15, -0.1) is 0 Å². The molecule has 2 aromatic rings. The van der Waals surface area contributed by atoms with Crippen molar-refractivity contribution in [3.63, 3.8) is 0 Å². The number of halogens is 1. The van der Waals surface area contributed by atoms with Gasteiger partial charge in [0.15, 0.2) is 0 Å². The number of hydrogen-bond donors (Lipinski definition) is 2. The number of nitrogens with zero attached hydrogens (tertiary/aromatic N) is 1. The standard InChI is InChI=1S/C11H12ClN3O/c12-7-3-4-9-8(6-7)14-11(16)15(9)10-2-1-5-13-10/h3-4,6,10,13H,1-2,5H2,(H,14,16). The second-order valence-corrected chi connectivity index (χ2v) is 4.51. The predicted octanol–water partition coefficient (Wildman–Crippen LogP) is 1.86. The highest BCUT2D eigenvalue weighted by Crippen LogP contribution is 2.22. The lowest BCUT2D eigenvalue weighted by Gasteiger charge is -2.11. The van der Waals surface area contributed by atoms with E-state index in [9.17, 15) is 4.79 Å². The first-order chi connectivity index (χ1) is 7.75. The number of nitrogens with one attached hydrogen (secondary N) is 2. The first-order valence-electron chi connectivity index (χ1n) is 5.39. The Morgan fingerprint density at radius 3 is 3.06 bits per heavy atom. The van der Waals surface area contributed by atoms with Crippen molar-refractivity contribution in [1.29, 1.82) is 0 Å². The normalized spacial score (nSPS) is 20.7. The molecule has 1 aliphatic heterocycles. The number of aromatic amines is 1. The first kappa shape index (κ1) is 9.93. The molecule has 0 amide bonds. The molecule has 0 spiro atoms. The summed E-state index contributed by atoms with van der Waals surface area (Å²) in [5, 5.41) is 3.96. The Kier molecular flexibility index (Phi) is 2.26. The zero-order valence-corrected chi connectivity index (χ0v) is 9.42. The van der Waals surface area contributed by atoms with Gasteiger partial charge in [0.2, 0.25) is 0 Å². The van der Waals surface area contributed by atoms with E-state index in [0.717, 1.165) is 30.4 Å². The summed E-state index contributed by atoms with van der Waals surface area (Å²) in [5.74, 6) is 0. The van der Waals surface area contributed by atoms with Gasteiger partial charge in [-0.1, -0.05) is 11.6 Å². The molecule has 3 rings (SSSR count). The Labute approximate surface area is 97.2 Å². The summed E-state index contributed by atoms with van der Waals surface area (Å²) < 4.78 is 1.78. The molecule has 0 saturated carbocycles. The average Bonchev–Trinajstić information content (AvgIpc) is 2.83. The van der Waals surface area contributed by atoms with E-state index in [1.54, 1.807) is 10.6 Å². The second-order valence-electron chi connectivity index (χ2n) is 4.07. The van der Waals surface area contributed by atoms with Crippen LogP contribution < -0.4 is 11.0 Å². The third-order valence-electron chi connectivity index (χ3n) is 3.02. The Morgan fingerprint density at radius 1 is 1.44 bits per heavy atom. The first-order valence-corrected chi connectivity index (χ1v) is 5.76. The van der Waals surface area contributed by atoms with Crippen molar-refractivity contribution in [2.24, 2.45) is 0 Å². The molecule has 1 fully saturated rings. The van der Waals surface area contributed by atoms with Gasteiger partial charge in [0.25, 0.3) is 0 Å². The van der Waals surface area contributed by atoms with E-state index < -0.39 is 0 Å². The highest BCUT2D eigenvalue weighted by atomic mass is 35.5. The lowest BCUT2D eigenvalue weighted by atomic mass is 10.3. The van der Waals surface area contributed by atoms with E-state index in [0.29, 0.717) is 5.02 Å². The Balaban J connectivity index is 2.23. The Bertz CT molecular complexity index is 580. The molecule has 2 heterocycles. The molecule has 5 heteroatoms. The molecule has 1 unspecified atom stereocenters. The maximum Gasteiger partial charge on any atom is 0.327 e. The van der Waals surface area contributed by atoms with Crippen LogP contribution in [0.2, 0.25) is 5.02 Å². The minimum absolute atomic E-state index is 0.0725. The lowest BCUT2D eigenvalue weighted by Crippen LogP contribution is -2.28. The average molecular weight is 238 g/mol. The van der Waals surface area contributed by atoms with Crippen LogP contribution in [0.1, 0.15) is 19.0 Å². The molecule has 2 N–H and O–H groups in total. The second kappa shape index (κ2) is 3.64. The molecule has 1 aromatic heterocycles.